The quantitative estimate of drug-likeness (QED) is 0.501. The van der Waals surface area contributed by atoms with Gasteiger partial charge in [-0.3, -0.25) is 14.9 Å². The molecule has 1 atom stereocenters. The number of carbonyl (C=O) groups is 1. The van der Waals surface area contributed by atoms with E-state index in [-0.39, 0.29) is 5.69 Å². The number of non-ortho nitro benzene ring substituents is 1. The summed E-state index contributed by atoms with van der Waals surface area (Å²) in [4.78, 5) is 22.1. The van der Waals surface area contributed by atoms with Crippen molar-refractivity contribution in [3.8, 4) is 5.75 Å². The molecule has 2 aromatic rings. The zero-order valence-corrected chi connectivity index (χ0v) is 13.3. The van der Waals surface area contributed by atoms with E-state index in [1.54, 1.807) is 31.2 Å². The van der Waals surface area contributed by atoms with Crippen LogP contribution in [0.4, 0.5) is 5.69 Å². The largest absolute Gasteiger partial charge is 0.481 e. The highest BCUT2D eigenvalue weighted by atomic mass is 16.6. The fraction of sp³-hybridized carbons (Fsp3) is 0.176. The molecule has 7 heteroatoms. The van der Waals surface area contributed by atoms with Gasteiger partial charge in [0.25, 0.3) is 11.6 Å². The Morgan fingerprint density at radius 1 is 1.29 bits per heavy atom. The summed E-state index contributed by atoms with van der Waals surface area (Å²) in [6.07, 6.45) is 0.610. The molecular weight excluding hydrogens is 310 g/mol. The third kappa shape index (κ3) is 4.91. The van der Waals surface area contributed by atoms with Gasteiger partial charge in [0.05, 0.1) is 11.1 Å². The maximum atomic E-state index is 11.9. The van der Waals surface area contributed by atoms with E-state index in [1.807, 2.05) is 19.1 Å². The van der Waals surface area contributed by atoms with Gasteiger partial charge in [-0.1, -0.05) is 29.8 Å². The molecule has 0 fully saturated rings. The Morgan fingerprint density at radius 2 is 2.00 bits per heavy atom. The second kappa shape index (κ2) is 7.87. The van der Waals surface area contributed by atoms with Crippen LogP contribution in [0.1, 0.15) is 18.1 Å². The Labute approximate surface area is 139 Å². The van der Waals surface area contributed by atoms with Crippen molar-refractivity contribution in [3.05, 3.63) is 69.8 Å². The molecule has 0 aliphatic rings. The Bertz CT molecular complexity index is 757. The Balaban J connectivity index is 1.90. The number of hydrogen-bond acceptors (Lipinski definition) is 5. The summed E-state index contributed by atoms with van der Waals surface area (Å²) >= 11 is 0. The van der Waals surface area contributed by atoms with Crippen LogP contribution >= 0.6 is 0 Å². The molecule has 0 spiro atoms. The molecule has 1 unspecified atom stereocenters. The molecule has 7 nitrogen and oxygen atoms in total. The van der Waals surface area contributed by atoms with Crippen LogP contribution < -0.4 is 10.2 Å². The van der Waals surface area contributed by atoms with E-state index >= 15 is 0 Å². The third-order valence-corrected chi connectivity index (χ3v) is 3.17. The fourth-order valence-corrected chi connectivity index (χ4v) is 1.85. The molecule has 2 aromatic carbocycles. The van der Waals surface area contributed by atoms with E-state index in [0.717, 1.165) is 5.56 Å². The molecule has 0 aliphatic heterocycles. The van der Waals surface area contributed by atoms with Crippen molar-refractivity contribution in [2.45, 2.75) is 20.0 Å². The summed E-state index contributed by atoms with van der Waals surface area (Å²) in [5, 5.41) is 14.5. The minimum absolute atomic E-state index is 0.0404. The summed E-state index contributed by atoms with van der Waals surface area (Å²) in [7, 11) is 0. The monoisotopic (exact) mass is 327 g/mol. The maximum absolute atomic E-state index is 11.9. The molecule has 1 N–H and O–H groups in total. The number of aryl methyl sites for hydroxylation is 1. The molecule has 24 heavy (non-hydrogen) atoms. The summed E-state index contributed by atoms with van der Waals surface area (Å²) in [6.45, 7) is 3.57. The van der Waals surface area contributed by atoms with Crippen LogP contribution in [0.25, 0.3) is 0 Å². The average molecular weight is 327 g/mol. The van der Waals surface area contributed by atoms with Crippen molar-refractivity contribution in [2.75, 3.05) is 0 Å². The molecule has 0 radical (unpaired) electrons. The molecule has 0 aromatic heterocycles. The first-order chi connectivity index (χ1) is 11.5. The molecule has 1 amide bonds. The normalized spacial score (nSPS) is 11.9. The lowest BCUT2D eigenvalue weighted by Gasteiger charge is -2.12. The van der Waals surface area contributed by atoms with Crippen LogP contribution in [-0.2, 0) is 4.79 Å². The van der Waals surface area contributed by atoms with Gasteiger partial charge in [0.2, 0.25) is 0 Å². The van der Waals surface area contributed by atoms with E-state index in [4.69, 9.17) is 4.74 Å². The number of hydrazone groups is 1. The number of benzene rings is 2. The van der Waals surface area contributed by atoms with Gasteiger partial charge >= 0.3 is 0 Å². The van der Waals surface area contributed by atoms with E-state index in [2.05, 4.69) is 10.5 Å². The minimum Gasteiger partial charge on any atom is -0.481 e. The van der Waals surface area contributed by atoms with Crippen molar-refractivity contribution in [2.24, 2.45) is 5.10 Å². The number of carbonyl (C=O) groups excluding carboxylic acids is 1. The Kier molecular flexibility index (Phi) is 5.62. The van der Waals surface area contributed by atoms with Gasteiger partial charge in [-0.05, 0) is 26.0 Å². The van der Waals surface area contributed by atoms with E-state index < -0.39 is 16.9 Å². The minimum atomic E-state index is -0.727. The lowest BCUT2D eigenvalue weighted by atomic mass is 10.2. The smallest absolute Gasteiger partial charge is 0.280 e. The van der Waals surface area contributed by atoms with Crippen LogP contribution in [-0.4, -0.2) is 23.1 Å². The SMILES string of the molecule is Cc1ccc(OC(C)C(=O)NN=Cc2cccc([N+](=O)[O-])c2)cc1. The zero-order chi connectivity index (χ0) is 17.5. The van der Waals surface area contributed by atoms with Crippen LogP contribution in [0.15, 0.2) is 53.6 Å². The fourth-order valence-electron chi connectivity index (χ4n) is 1.85. The predicted octanol–water partition coefficient (Wildman–Crippen LogP) is 2.82. The summed E-state index contributed by atoms with van der Waals surface area (Å²) < 4.78 is 5.51. The molecule has 0 aliphatic carbocycles. The number of nitro groups is 1. The van der Waals surface area contributed by atoms with Crippen molar-refractivity contribution < 1.29 is 14.5 Å². The van der Waals surface area contributed by atoms with Gasteiger partial charge in [0, 0.05) is 17.7 Å². The van der Waals surface area contributed by atoms with E-state index in [9.17, 15) is 14.9 Å². The maximum Gasteiger partial charge on any atom is 0.280 e. The number of nitro benzene ring substituents is 1. The molecule has 2 rings (SSSR count). The number of nitrogens with one attached hydrogen (secondary N) is 1. The zero-order valence-electron chi connectivity index (χ0n) is 13.3. The van der Waals surface area contributed by atoms with Gasteiger partial charge in [-0.15, -0.1) is 0 Å². The summed E-state index contributed by atoms with van der Waals surface area (Å²) in [5.41, 5.74) is 3.92. The van der Waals surface area contributed by atoms with Crippen molar-refractivity contribution >= 4 is 17.8 Å². The number of hydrogen-bond donors (Lipinski definition) is 1. The lowest BCUT2D eigenvalue weighted by Crippen LogP contribution is -2.33. The molecule has 0 heterocycles. The molecule has 0 saturated carbocycles. The predicted molar refractivity (Wildman–Crippen MR) is 90.1 cm³/mol. The summed E-state index contributed by atoms with van der Waals surface area (Å²) in [6, 6.07) is 13.3. The third-order valence-electron chi connectivity index (χ3n) is 3.17. The average Bonchev–Trinajstić information content (AvgIpc) is 2.57. The number of ether oxygens (including phenoxy) is 1. The lowest BCUT2D eigenvalue weighted by molar-refractivity contribution is -0.384. The van der Waals surface area contributed by atoms with Gasteiger partial charge in [-0.2, -0.15) is 5.10 Å². The topological polar surface area (TPSA) is 93.8 Å². The first kappa shape index (κ1) is 17.1. The molecular formula is C17H17N3O4. The highest BCUT2D eigenvalue weighted by Crippen LogP contribution is 2.13. The van der Waals surface area contributed by atoms with Crippen molar-refractivity contribution in [1.82, 2.24) is 5.43 Å². The van der Waals surface area contributed by atoms with Crippen LogP contribution in [0, 0.1) is 17.0 Å². The molecule has 124 valence electrons. The highest BCUT2D eigenvalue weighted by Gasteiger charge is 2.13. The number of rotatable bonds is 6. The van der Waals surface area contributed by atoms with Gasteiger partial charge in [-0.25, -0.2) is 5.43 Å². The first-order valence-electron chi connectivity index (χ1n) is 7.26. The second-order valence-corrected chi connectivity index (χ2v) is 5.16. The van der Waals surface area contributed by atoms with Crippen LogP contribution in [0.5, 0.6) is 5.75 Å². The molecule has 0 bridgehead atoms. The van der Waals surface area contributed by atoms with Gasteiger partial charge in [0.1, 0.15) is 5.75 Å². The second-order valence-electron chi connectivity index (χ2n) is 5.16. The van der Waals surface area contributed by atoms with Crippen molar-refractivity contribution in [3.63, 3.8) is 0 Å². The van der Waals surface area contributed by atoms with Gasteiger partial charge < -0.3 is 4.74 Å². The highest BCUT2D eigenvalue weighted by molar-refractivity contribution is 5.84. The number of nitrogens with zero attached hydrogens (tertiary/aromatic N) is 2. The van der Waals surface area contributed by atoms with E-state index in [1.165, 1.54) is 18.3 Å². The first-order valence-corrected chi connectivity index (χ1v) is 7.26. The Morgan fingerprint density at radius 3 is 2.67 bits per heavy atom. The molecule has 0 saturated heterocycles. The van der Waals surface area contributed by atoms with E-state index in [0.29, 0.717) is 11.3 Å². The number of amides is 1. The van der Waals surface area contributed by atoms with Gasteiger partial charge in [0.15, 0.2) is 6.10 Å². The Hall–Kier alpha value is -3.22. The van der Waals surface area contributed by atoms with Crippen LogP contribution in [0.3, 0.4) is 0 Å². The summed E-state index contributed by atoms with van der Waals surface area (Å²) in [5.74, 6) is 0.170. The van der Waals surface area contributed by atoms with Crippen molar-refractivity contribution in [1.29, 1.82) is 0 Å². The standard InChI is InChI=1S/C17H17N3O4/c1-12-6-8-16(9-7-12)24-13(2)17(21)19-18-11-14-4-3-5-15(10-14)20(22)23/h3-11,13H,1-2H3,(H,19,21). The van der Waals surface area contributed by atoms with Crippen LogP contribution in [0.2, 0.25) is 0 Å².